The quantitative estimate of drug-likeness (QED) is 0.579. The standard InChI is InChI=1S/C14H10O/c15-14-9-10-5-2-1-3-6-11(10)12-7-4-8-13(12)14/h1-8H,9H2. The molecule has 0 aromatic rings. The van der Waals surface area contributed by atoms with Crippen LogP contribution in [0.5, 0.6) is 0 Å². The van der Waals surface area contributed by atoms with Crippen LogP contribution < -0.4 is 0 Å². The molecule has 0 aromatic carbocycles. The molecule has 0 bridgehead atoms. The summed E-state index contributed by atoms with van der Waals surface area (Å²) >= 11 is 0. The maximum absolute atomic E-state index is 11.8. The van der Waals surface area contributed by atoms with Gasteiger partial charge in [-0.15, -0.1) is 0 Å². The molecule has 72 valence electrons. The molecule has 0 spiro atoms. The van der Waals surface area contributed by atoms with Crippen LogP contribution in [0.4, 0.5) is 0 Å². The van der Waals surface area contributed by atoms with Gasteiger partial charge < -0.3 is 0 Å². The first-order valence-electron chi connectivity index (χ1n) is 5.07. The summed E-state index contributed by atoms with van der Waals surface area (Å²) in [7, 11) is 0. The molecule has 0 N–H and O–H groups in total. The van der Waals surface area contributed by atoms with E-state index in [4.69, 9.17) is 0 Å². The van der Waals surface area contributed by atoms with Crippen molar-refractivity contribution in [3.05, 3.63) is 70.9 Å². The fourth-order valence-electron chi connectivity index (χ4n) is 2.17. The highest BCUT2D eigenvalue weighted by Gasteiger charge is 2.26. The van der Waals surface area contributed by atoms with E-state index in [-0.39, 0.29) is 5.78 Å². The minimum absolute atomic E-state index is 0.230. The van der Waals surface area contributed by atoms with Crippen LogP contribution in [-0.4, -0.2) is 5.78 Å². The normalized spacial score (nSPS) is 22.3. The fraction of sp³-hybridized carbons (Fsp3) is 0.0714. The molecule has 0 aliphatic heterocycles. The summed E-state index contributed by atoms with van der Waals surface area (Å²) in [5, 5.41) is 0. The third-order valence-corrected chi connectivity index (χ3v) is 2.89. The Balaban J connectivity index is 2.27. The number of hydrogen-bond donors (Lipinski definition) is 0. The van der Waals surface area contributed by atoms with Gasteiger partial charge in [0.25, 0.3) is 0 Å². The van der Waals surface area contributed by atoms with Gasteiger partial charge >= 0.3 is 0 Å². The van der Waals surface area contributed by atoms with E-state index in [0.29, 0.717) is 6.42 Å². The molecule has 3 aliphatic rings. The second kappa shape index (κ2) is 3.06. The number of carbonyl (C=O) groups is 1. The first kappa shape index (κ1) is 8.42. The largest absolute Gasteiger partial charge is 0.294 e. The van der Waals surface area contributed by atoms with Crippen molar-refractivity contribution < 1.29 is 4.79 Å². The third-order valence-electron chi connectivity index (χ3n) is 2.89. The predicted octanol–water partition coefficient (Wildman–Crippen LogP) is 2.80. The van der Waals surface area contributed by atoms with Gasteiger partial charge in [-0.3, -0.25) is 4.79 Å². The molecule has 1 heteroatoms. The van der Waals surface area contributed by atoms with Gasteiger partial charge in [0.1, 0.15) is 0 Å². The van der Waals surface area contributed by atoms with Gasteiger partial charge in [-0.2, -0.15) is 0 Å². The molecule has 15 heavy (non-hydrogen) atoms. The van der Waals surface area contributed by atoms with E-state index in [1.54, 1.807) is 0 Å². The van der Waals surface area contributed by atoms with Gasteiger partial charge in [0.2, 0.25) is 0 Å². The maximum atomic E-state index is 11.8. The number of hydrogen-bond acceptors (Lipinski definition) is 1. The minimum atomic E-state index is 0.230. The highest BCUT2D eigenvalue weighted by Crippen LogP contribution is 2.36. The van der Waals surface area contributed by atoms with Crippen molar-refractivity contribution >= 4 is 5.78 Å². The average Bonchev–Trinajstić information content (AvgIpc) is 2.60. The zero-order valence-corrected chi connectivity index (χ0v) is 8.23. The summed E-state index contributed by atoms with van der Waals surface area (Å²) < 4.78 is 0. The lowest BCUT2D eigenvalue weighted by atomic mass is 9.84. The first-order valence-corrected chi connectivity index (χ1v) is 5.07. The maximum Gasteiger partial charge on any atom is 0.167 e. The Morgan fingerprint density at radius 3 is 2.67 bits per heavy atom. The van der Waals surface area contributed by atoms with Crippen molar-refractivity contribution in [2.75, 3.05) is 0 Å². The van der Waals surface area contributed by atoms with Crippen LogP contribution >= 0.6 is 0 Å². The van der Waals surface area contributed by atoms with E-state index in [9.17, 15) is 4.79 Å². The zero-order valence-electron chi connectivity index (χ0n) is 8.23. The molecule has 1 nitrogen and oxygen atoms in total. The topological polar surface area (TPSA) is 17.1 Å². The van der Waals surface area contributed by atoms with Crippen molar-refractivity contribution in [1.82, 2.24) is 0 Å². The van der Waals surface area contributed by atoms with Gasteiger partial charge in [0.15, 0.2) is 5.78 Å². The summed E-state index contributed by atoms with van der Waals surface area (Å²) in [6.45, 7) is 0. The number of carbonyl (C=O) groups excluding carboxylic acids is 1. The number of fused-ring (bicyclic) bond motifs is 2. The monoisotopic (exact) mass is 194 g/mol. The second-order valence-electron chi connectivity index (χ2n) is 3.80. The Kier molecular flexibility index (Phi) is 1.72. The molecule has 0 saturated carbocycles. The van der Waals surface area contributed by atoms with Crippen molar-refractivity contribution in [2.45, 2.75) is 6.42 Å². The molecule has 0 heterocycles. The zero-order chi connectivity index (χ0) is 10.3. The van der Waals surface area contributed by atoms with Crippen molar-refractivity contribution in [1.29, 1.82) is 0 Å². The number of allylic oxidation sites excluding steroid dienone is 12. The van der Waals surface area contributed by atoms with Crippen LogP contribution in [0.2, 0.25) is 0 Å². The van der Waals surface area contributed by atoms with Crippen LogP contribution in [-0.2, 0) is 4.79 Å². The average molecular weight is 194 g/mol. The third kappa shape index (κ3) is 1.20. The van der Waals surface area contributed by atoms with Crippen molar-refractivity contribution in [3.8, 4) is 0 Å². The van der Waals surface area contributed by atoms with E-state index in [1.165, 1.54) is 5.57 Å². The summed E-state index contributed by atoms with van der Waals surface area (Å²) in [5.41, 5.74) is 4.27. The Labute approximate surface area is 88.5 Å². The summed E-state index contributed by atoms with van der Waals surface area (Å²) in [5.74, 6) is 0.230. The Hall–Kier alpha value is -1.89. The molecular formula is C14H10O. The fourth-order valence-corrected chi connectivity index (χ4v) is 2.17. The molecular weight excluding hydrogens is 184 g/mol. The molecule has 3 rings (SSSR count). The number of Topliss-reactive ketones (excluding diaryl/α,β-unsaturated/α-hetero) is 1. The first-order chi connectivity index (χ1) is 7.36. The van der Waals surface area contributed by atoms with Gasteiger partial charge in [0, 0.05) is 12.0 Å². The second-order valence-corrected chi connectivity index (χ2v) is 3.80. The Morgan fingerprint density at radius 1 is 0.867 bits per heavy atom. The molecule has 0 saturated heterocycles. The van der Waals surface area contributed by atoms with Crippen LogP contribution in [0.15, 0.2) is 70.9 Å². The smallest absolute Gasteiger partial charge is 0.167 e. The lowest BCUT2D eigenvalue weighted by Gasteiger charge is -2.18. The van der Waals surface area contributed by atoms with Crippen LogP contribution in [0, 0.1) is 0 Å². The Morgan fingerprint density at radius 2 is 1.73 bits per heavy atom. The molecule has 3 aliphatic carbocycles. The lowest BCUT2D eigenvalue weighted by molar-refractivity contribution is -0.114. The highest BCUT2D eigenvalue weighted by atomic mass is 16.1. The molecule has 0 unspecified atom stereocenters. The predicted molar refractivity (Wildman–Crippen MR) is 60.2 cm³/mol. The number of rotatable bonds is 0. The van der Waals surface area contributed by atoms with Gasteiger partial charge in [0.05, 0.1) is 0 Å². The van der Waals surface area contributed by atoms with E-state index < -0.39 is 0 Å². The van der Waals surface area contributed by atoms with E-state index in [0.717, 1.165) is 16.7 Å². The van der Waals surface area contributed by atoms with E-state index in [2.05, 4.69) is 6.08 Å². The minimum Gasteiger partial charge on any atom is -0.294 e. The van der Waals surface area contributed by atoms with E-state index >= 15 is 0 Å². The lowest BCUT2D eigenvalue weighted by Crippen LogP contribution is -2.12. The van der Waals surface area contributed by atoms with Gasteiger partial charge in [-0.25, -0.2) is 0 Å². The van der Waals surface area contributed by atoms with E-state index in [1.807, 2.05) is 42.5 Å². The van der Waals surface area contributed by atoms with Gasteiger partial charge in [-0.05, 0) is 16.7 Å². The SMILES string of the molecule is O=C1CC2=CC=CC=CC2=C2C=CC=C12. The summed E-state index contributed by atoms with van der Waals surface area (Å²) in [6, 6.07) is 0. The highest BCUT2D eigenvalue weighted by molar-refractivity contribution is 6.06. The van der Waals surface area contributed by atoms with Crippen LogP contribution in [0.25, 0.3) is 0 Å². The van der Waals surface area contributed by atoms with Gasteiger partial charge in [-0.1, -0.05) is 48.6 Å². The molecule has 0 fully saturated rings. The van der Waals surface area contributed by atoms with Crippen LogP contribution in [0.3, 0.4) is 0 Å². The Bertz CT molecular complexity index is 520. The van der Waals surface area contributed by atoms with Crippen molar-refractivity contribution in [2.24, 2.45) is 0 Å². The molecule has 0 amide bonds. The molecule has 0 radical (unpaired) electrons. The summed E-state index contributed by atoms with van der Waals surface area (Å²) in [6.07, 6.45) is 16.5. The summed E-state index contributed by atoms with van der Waals surface area (Å²) in [4.78, 5) is 11.8. The van der Waals surface area contributed by atoms with Crippen molar-refractivity contribution in [3.63, 3.8) is 0 Å². The molecule has 0 atom stereocenters. The number of ketones is 1. The molecule has 0 aromatic heterocycles. The van der Waals surface area contributed by atoms with Crippen LogP contribution in [0.1, 0.15) is 6.42 Å².